The van der Waals surface area contributed by atoms with Crippen molar-refractivity contribution in [3.8, 4) is 0 Å². The number of aliphatic hydroxyl groups is 4. The van der Waals surface area contributed by atoms with Crippen LogP contribution in [0.2, 0.25) is 0 Å². The zero-order chi connectivity index (χ0) is 20.9. The molecule has 0 saturated carbocycles. The molecule has 4 rings (SSSR count). The molecule has 3 heterocycles. The Labute approximate surface area is 165 Å². The molecule has 4 aliphatic rings. The molecule has 29 heavy (non-hydrogen) atoms. The average molecular weight is 414 g/mol. The third-order valence-electron chi connectivity index (χ3n) is 5.57. The van der Waals surface area contributed by atoms with Gasteiger partial charge in [0.2, 0.25) is 6.29 Å². The minimum absolute atomic E-state index is 0.0598. The van der Waals surface area contributed by atoms with Gasteiger partial charge in [-0.05, 0) is 11.6 Å². The zero-order valence-corrected chi connectivity index (χ0v) is 15.4. The Bertz CT molecular complexity index is 744. The summed E-state index contributed by atoms with van der Waals surface area (Å²) in [4.78, 5) is 23.2. The number of carbonyl (C=O) groups excluding carboxylic acids is 2. The molecule has 9 atom stereocenters. The van der Waals surface area contributed by atoms with Crippen molar-refractivity contribution in [1.29, 1.82) is 0 Å². The molecule has 0 aromatic rings. The van der Waals surface area contributed by atoms with E-state index in [0.717, 1.165) is 0 Å². The molecule has 0 radical (unpaired) electrons. The molecule has 0 aromatic carbocycles. The molecule has 3 aliphatic heterocycles. The maximum Gasteiger partial charge on any atom is 0.338 e. The van der Waals surface area contributed by atoms with Crippen LogP contribution in [0.1, 0.15) is 6.92 Å². The number of ether oxygens (including phenoxy) is 5. The summed E-state index contributed by atoms with van der Waals surface area (Å²) in [7, 11) is 0. The normalized spacial score (nSPS) is 43.1. The molecular formula is C18H22O11. The lowest BCUT2D eigenvalue weighted by Crippen LogP contribution is -2.60. The van der Waals surface area contributed by atoms with E-state index >= 15 is 0 Å². The molecule has 11 heteroatoms. The van der Waals surface area contributed by atoms with Crippen molar-refractivity contribution in [3.63, 3.8) is 0 Å². The topological polar surface area (TPSA) is 161 Å². The van der Waals surface area contributed by atoms with Gasteiger partial charge >= 0.3 is 11.9 Å². The monoisotopic (exact) mass is 414 g/mol. The van der Waals surface area contributed by atoms with E-state index in [-0.39, 0.29) is 6.61 Å². The van der Waals surface area contributed by atoms with Crippen molar-refractivity contribution in [1.82, 2.24) is 0 Å². The standard InChI is InChI=1S/C18H22O11/c1-6(20)25-4-7-2-9-12-8(16(24)27-9)5-26-17(11(7)12)29-18-15(23)14(22)13(21)10(3-19)28-18/h2,5,9-15,17-19,21-23H,3-4H2,1H3/t9-,10-,11+,12-,13+,14+,15-,17+,18-/m1/s1. The second kappa shape index (κ2) is 7.67. The molecule has 0 unspecified atom stereocenters. The second-order valence-electron chi connectivity index (χ2n) is 7.35. The van der Waals surface area contributed by atoms with Crippen molar-refractivity contribution < 1.29 is 53.7 Å². The summed E-state index contributed by atoms with van der Waals surface area (Å²) < 4.78 is 27.0. The molecule has 0 bridgehead atoms. The fourth-order valence-electron chi connectivity index (χ4n) is 4.12. The molecular weight excluding hydrogens is 392 g/mol. The van der Waals surface area contributed by atoms with Gasteiger partial charge in [0.05, 0.1) is 24.4 Å². The Kier molecular flexibility index (Phi) is 5.36. The van der Waals surface area contributed by atoms with Gasteiger partial charge in [0.25, 0.3) is 0 Å². The van der Waals surface area contributed by atoms with E-state index in [9.17, 15) is 30.0 Å². The van der Waals surface area contributed by atoms with Crippen LogP contribution in [-0.2, 0) is 33.3 Å². The number of esters is 2. The van der Waals surface area contributed by atoms with Gasteiger partial charge in [-0.25, -0.2) is 4.79 Å². The SMILES string of the molecule is CC(=O)OCC1=C[C@H]2OC(=O)C3=CO[C@@H](O[C@H]4O[C@H](CO)[C@H](O)[C@H](O)[C@H]4O)[C@@H]1[C@H]32. The Balaban J connectivity index is 1.56. The Morgan fingerprint density at radius 2 is 1.90 bits per heavy atom. The number of carbonyl (C=O) groups is 2. The Morgan fingerprint density at radius 3 is 2.59 bits per heavy atom. The van der Waals surface area contributed by atoms with Crippen molar-refractivity contribution in [3.05, 3.63) is 23.5 Å². The summed E-state index contributed by atoms with van der Waals surface area (Å²) in [5.41, 5.74) is 0.936. The molecule has 11 nitrogen and oxygen atoms in total. The summed E-state index contributed by atoms with van der Waals surface area (Å²) in [5.74, 6) is -1.99. The molecule has 0 spiro atoms. The van der Waals surface area contributed by atoms with Gasteiger partial charge < -0.3 is 44.1 Å². The van der Waals surface area contributed by atoms with Crippen LogP contribution in [-0.4, -0.2) is 88.7 Å². The lowest BCUT2D eigenvalue weighted by molar-refractivity contribution is -0.339. The van der Waals surface area contributed by atoms with Gasteiger partial charge in [-0.2, -0.15) is 0 Å². The van der Waals surface area contributed by atoms with Crippen LogP contribution < -0.4 is 0 Å². The third kappa shape index (κ3) is 3.43. The largest absolute Gasteiger partial charge is 0.471 e. The van der Waals surface area contributed by atoms with Crippen LogP contribution in [0.4, 0.5) is 0 Å². The first-order valence-electron chi connectivity index (χ1n) is 9.18. The maximum absolute atomic E-state index is 12.0. The van der Waals surface area contributed by atoms with Gasteiger partial charge in [0, 0.05) is 12.8 Å². The minimum Gasteiger partial charge on any atom is -0.471 e. The maximum atomic E-state index is 12.0. The predicted molar refractivity (Wildman–Crippen MR) is 89.4 cm³/mol. The summed E-state index contributed by atoms with van der Waals surface area (Å²) in [6.45, 7) is 0.602. The second-order valence-corrected chi connectivity index (χ2v) is 7.35. The Hall–Kier alpha value is -2.02. The van der Waals surface area contributed by atoms with Gasteiger partial charge in [-0.15, -0.1) is 0 Å². The molecule has 0 amide bonds. The van der Waals surface area contributed by atoms with Gasteiger partial charge in [-0.1, -0.05) is 0 Å². The first-order chi connectivity index (χ1) is 13.8. The highest BCUT2D eigenvalue weighted by Gasteiger charge is 2.56. The van der Waals surface area contributed by atoms with Crippen LogP contribution in [0.25, 0.3) is 0 Å². The number of aliphatic hydroxyl groups excluding tert-OH is 4. The van der Waals surface area contributed by atoms with Gasteiger partial charge in [-0.3, -0.25) is 4.79 Å². The highest BCUT2D eigenvalue weighted by Crippen LogP contribution is 2.49. The predicted octanol–water partition coefficient (Wildman–Crippen LogP) is -2.30. The number of hydrogen-bond acceptors (Lipinski definition) is 11. The van der Waals surface area contributed by atoms with Gasteiger partial charge in [0.15, 0.2) is 6.29 Å². The van der Waals surface area contributed by atoms with E-state index in [2.05, 4.69) is 0 Å². The van der Waals surface area contributed by atoms with E-state index < -0.39 is 73.5 Å². The van der Waals surface area contributed by atoms with E-state index in [1.54, 1.807) is 6.08 Å². The van der Waals surface area contributed by atoms with Crippen molar-refractivity contribution in [2.24, 2.45) is 11.8 Å². The highest BCUT2D eigenvalue weighted by molar-refractivity contribution is 5.92. The van der Waals surface area contributed by atoms with Crippen LogP contribution >= 0.6 is 0 Å². The molecule has 0 aromatic heterocycles. The minimum atomic E-state index is -1.61. The van der Waals surface area contributed by atoms with Crippen molar-refractivity contribution >= 4 is 11.9 Å². The zero-order valence-electron chi connectivity index (χ0n) is 15.4. The van der Waals surface area contributed by atoms with E-state index in [1.165, 1.54) is 13.2 Å². The van der Waals surface area contributed by atoms with Crippen LogP contribution in [0.15, 0.2) is 23.5 Å². The van der Waals surface area contributed by atoms with Crippen molar-refractivity contribution in [2.45, 2.75) is 50.0 Å². The summed E-state index contributed by atoms with van der Waals surface area (Å²) in [6, 6.07) is 0. The summed E-state index contributed by atoms with van der Waals surface area (Å²) in [5, 5.41) is 39.4. The fourth-order valence-corrected chi connectivity index (χ4v) is 4.12. The fraction of sp³-hybridized carbons (Fsp3) is 0.667. The lowest BCUT2D eigenvalue weighted by atomic mass is 9.84. The summed E-state index contributed by atoms with van der Waals surface area (Å²) in [6.07, 6.45) is -6.03. The van der Waals surface area contributed by atoms with Crippen LogP contribution in [0.3, 0.4) is 0 Å². The first kappa shape index (κ1) is 20.3. The molecule has 4 N–H and O–H groups in total. The average Bonchev–Trinajstić information content (AvgIpc) is 3.20. The molecule has 2 saturated heterocycles. The lowest BCUT2D eigenvalue weighted by Gasteiger charge is -2.42. The third-order valence-corrected chi connectivity index (χ3v) is 5.57. The summed E-state index contributed by atoms with van der Waals surface area (Å²) >= 11 is 0. The van der Waals surface area contributed by atoms with E-state index in [4.69, 9.17) is 23.7 Å². The quantitative estimate of drug-likeness (QED) is 0.283. The Morgan fingerprint density at radius 1 is 1.14 bits per heavy atom. The van der Waals surface area contributed by atoms with E-state index in [0.29, 0.717) is 11.1 Å². The number of rotatable bonds is 5. The van der Waals surface area contributed by atoms with Gasteiger partial charge in [0.1, 0.15) is 37.1 Å². The first-order valence-corrected chi connectivity index (χ1v) is 9.18. The molecule has 1 aliphatic carbocycles. The van der Waals surface area contributed by atoms with Crippen LogP contribution in [0, 0.1) is 11.8 Å². The number of hydrogen-bond donors (Lipinski definition) is 4. The highest BCUT2D eigenvalue weighted by atomic mass is 16.8. The van der Waals surface area contributed by atoms with Crippen LogP contribution in [0.5, 0.6) is 0 Å². The van der Waals surface area contributed by atoms with E-state index in [1.807, 2.05) is 0 Å². The van der Waals surface area contributed by atoms with Crippen molar-refractivity contribution in [2.75, 3.05) is 13.2 Å². The smallest absolute Gasteiger partial charge is 0.338 e. The molecule has 160 valence electrons. The molecule has 2 fully saturated rings.